The predicted octanol–water partition coefficient (Wildman–Crippen LogP) is 2.50. The van der Waals surface area contributed by atoms with Crippen molar-refractivity contribution < 1.29 is 13.2 Å². The van der Waals surface area contributed by atoms with Gasteiger partial charge in [0.1, 0.15) is 5.52 Å². The SMILES string of the molecule is FC(F)(F)c1ccc2nnn(CN3CCCC3)c2c1. The molecule has 4 nitrogen and oxygen atoms in total. The molecular weight excluding hydrogens is 257 g/mol. The summed E-state index contributed by atoms with van der Waals surface area (Å²) in [6.45, 7) is 2.42. The smallest absolute Gasteiger partial charge is 0.284 e. The number of hydrogen-bond acceptors (Lipinski definition) is 3. The third-order valence-corrected chi connectivity index (χ3v) is 3.37. The Morgan fingerprint density at radius 3 is 2.58 bits per heavy atom. The maximum atomic E-state index is 12.7. The number of aromatic nitrogens is 3. The van der Waals surface area contributed by atoms with Gasteiger partial charge in [0.05, 0.1) is 17.7 Å². The number of rotatable bonds is 2. The molecule has 19 heavy (non-hydrogen) atoms. The summed E-state index contributed by atoms with van der Waals surface area (Å²) in [7, 11) is 0. The molecule has 0 N–H and O–H groups in total. The molecule has 0 atom stereocenters. The predicted molar refractivity (Wildman–Crippen MR) is 63.3 cm³/mol. The minimum absolute atomic E-state index is 0.432. The third kappa shape index (κ3) is 2.42. The highest BCUT2D eigenvalue weighted by Crippen LogP contribution is 2.31. The van der Waals surface area contributed by atoms with Crippen LogP contribution in [0.2, 0.25) is 0 Å². The molecule has 1 aliphatic rings. The summed E-state index contributed by atoms with van der Waals surface area (Å²) in [5.74, 6) is 0. The molecule has 1 aromatic carbocycles. The van der Waals surface area contributed by atoms with Crippen molar-refractivity contribution in [3.05, 3.63) is 23.8 Å². The second kappa shape index (κ2) is 4.48. The summed E-state index contributed by atoms with van der Waals surface area (Å²) in [6.07, 6.45) is -2.09. The molecule has 0 amide bonds. The molecule has 0 saturated carbocycles. The quantitative estimate of drug-likeness (QED) is 0.840. The Balaban J connectivity index is 1.95. The van der Waals surface area contributed by atoms with E-state index in [1.165, 1.54) is 10.7 Å². The van der Waals surface area contributed by atoms with Gasteiger partial charge in [0.2, 0.25) is 0 Å². The Bertz CT molecular complexity index is 584. The Hall–Kier alpha value is -1.63. The molecule has 1 aliphatic heterocycles. The molecular formula is C12H13F3N4. The van der Waals surface area contributed by atoms with E-state index in [4.69, 9.17) is 0 Å². The van der Waals surface area contributed by atoms with Crippen molar-refractivity contribution in [1.82, 2.24) is 19.9 Å². The van der Waals surface area contributed by atoms with Gasteiger partial charge in [0.25, 0.3) is 0 Å². The molecule has 0 unspecified atom stereocenters. The Morgan fingerprint density at radius 1 is 1.16 bits per heavy atom. The minimum atomic E-state index is -4.34. The third-order valence-electron chi connectivity index (χ3n) is 3.37. The summed E-state index contributed by atoms with van der Waals surface area (Å²) in [5, 5.41) is 7.84. The average Bonchev–Trinajstić information content (AvgIpc) is 2.98. The summed E-state index contributed by atoms with van der Waals surface area (Å²) in [5.41, 5.74) is 0.263. The van der Waals surface area contributed by atoms with Crippen LogP contribution in [0.5, 0.6) is 0 Å². The number of benzene rings is 1. The Labute approximate surface area is 107 Å². The zero-order valence-electron chi connectivity index (χ0n) is 10.2. The molecule has 0 aliphatic carbocycles. The molecule has 0 bridgehead atoms. The maximum Gasteiger partial charge on any atom is 0.416 e. The van der Waals surface area contributed by atoms with Gasteiger partial charge in [-0.05, 0) is 44.1 Å². The lowest BCUT2D eigenvalue weighted by atomic mass is 10.2. The number of fused-ring (bicyclic) bond motifs is 1. The van der Waals surface area contributed by atoms with E-state index in [-0.39, 0.29) is 0 Å². The molecule has 2 aromatic rings. The summed E-state index contributed by atoms with van der Waals surface area (Å²) < 4.78 is 39.6. The Kier molecular flexibility index (Phi) is 2.93. The van der Waals surface area contributed by atoms with Crippen molar-refractivity contribution in [2.24, 2.45) is 0 Å². The van der Waals surface area contributed by atoms with E-state index >= 15 is 0 Å². The maximum absolute atomic E-state index is 12.7. The molecule has 1 saturated heterocycles. The molecule has 2 heterocycles. The van der Waals surface area contributed by atoms with Crippen LogP contribution in [0, 0.1) is 0 Å². The van der Waals surface area contributed by atoms with E-state index in [2.05, 4.69) is 15.2 Å². The lowest BCUT2D eigenvalue weighted by molar-refractivity contribution is -0.137. The summed E-state index contributed by atoms with van der Waals surface area (Å²) >= 11 is 0. The zero-order chi connectivity index (χ0) is 13.5. The number of alkyl halides is 3. The van der Waals surface area contributed by atoms with Crippen LogP contribution >= 0.6 is 0 Å². The fourth-order valence-electron chi connectivity index (χ4n) is 2.36. The summed E-state index contributed by atoms with van der Waals surface area (Å²) in [4.78, 5) is 2.16. The van der Waals surface area contributed by atoms with E-state index in [0.717, 1.165) is 38.1 Å². The highest BCUT2D eigenvalue weighted by Gasteiger charge is 2.31. The average molecular weight is 270 g/mol. The first-order valence-corrected chi connectivity index (χ1v) is 6.17. The number of likely N-dealkylation sites (tertiary alicyclic amines) is 1. The molecule has 102 valence electrons. The highest BCUT2D eigenvalue weighted by atomic mass is 19.4. The van der Waals surface area contributed by atoms with E-state index in [1.807, 2.05) is 0 Å². The molecule has 3 rings (SSSR count). The van der Waals surface area contributed by atoms with Crippen LogP contribution in [0.25, 0.3) is 11.0 Å². The monoisotopic (exact) mass is 270 g/mol. The Morgan fingerprint density at radius 2 is 1.89 bits per heavy atom. The van der Waals surface area contributed by atoms with Crippen molar-refractivity contribution in [2.45, 2.75) is 25.7 Å². The molecule has 0 radical (unpaired) electrons. The topological polar surface area (TPSA) is 34.0 Å². The van der Waals surface area contributed by atoms with Gasteiger partial charge in [-0.15, -0.1) is 5.10 Å². The van der Waals surface area contributed by atoms with Gasteiger partial charge in [-0.2, -0.15) is 13.2 Å². The largest absolute Gasteiger partial charge is 0.416 e. The highest BCUT2D eigenvalue weighted by molar-refractivity contribution is 5.75. The zero-order valence-corrected chi connectivity index (χ0v) is 10.2. The van der Waals surface area contributed by atoms with Crippen LogP contribution in [0.1, 0.15) is 18.4 Å². The van der Waals surface area contributed by atoms with Crippen LogP contribution in [-0.2, 0) is 12.8 Å². The normalized spacial score (nSPS) is 17.4. The van der Waals surface area contributed by atoms with Gasteiger partial charge in [0, 0.05) is 0 Å². The van der Waals surface area contributed by atoms with E-state index in [1.54, 1.807) is 0 Å². The van der Waals surface area contributed by atoms with Gasteiger partial charge in [-0.25, -0.2) is 4.68 Å². The van der Waals surface area contributed by atoms with Crippen molar-refractivity contribution in [2.75, 3.05) is 13.1 Å². The lowest BCUT2D eigenvalue weighted by Gasteiger charge is -2.14. The fourth-order valence-corrected chi connectivity index (χ4v) is 2.36. The first-order chi connectivity index (χ1) is 9.04. The molecule has 7 heteroatoms. The molecule has 1 fully saturated rings. The van der Waals surface area contributed by atoms with E-state index in [9.17, 15) is 13.2 Å². The van der Waals surface area contributed by atoms with Crippen LogP contribution < -0.4 is 0 Å². The van der Waals surface area contributed by atoms with E-state index < -0.39 is 11.7 Å². The number of halogens is 3. The van der Waals surface area contributed by atoms with Crippen molar-refractivity contribution >= 4 is 11.0 Å². The van der Waals surface area contributed by atoms with E-state index in [0.29, 0.717) is 17.7 Å². The van der Waals surface area contributed by atoms with Crippen LogP contribution in [0.15, 0.2) is 18.2 Å². The first kappa shape index (κ1) is 12.4. The van der Waals surface area contributed by atoms with Gasteiger partial charge in [-0.3, -0.25) is 4.90 Å². The van der Waals surface area contributed by atoms with Gasteiger partial charge < -0.3 is 0 Å². The van der Waals surface area contributed by atoms with Crippen LogP contribution in [0.4, 0.5) is 13.2 Å². The standard InChI is InChI=1S/C12H13F3N4/c13-12(14,15)9-3-4-10-11(7-9)19(17-16-10)8-18-5-1-2-6-18/h3-4,7H,1-2,5-6,8H2. The first-order valence-electron chi connectivity index (χ1n) is 6.17. The van der Waals surface area contributed by atoms with Gasteiger partial charge in [0.15, 0.2) is 0 Å². The number of hydrogen-bond donors (Lipinski definition) is 0. The molecule has 1 aromatic heterocycles. The van der Waals surface area contributed by atoms with Crippen LogP contribution in [-0.4, -0.2) is 33.0 Å². The second-order valence-corrected chi connectivity index (χ2v) is 4.76. The minimum Gasteiger partial charge on any atom is -0.284 e. The van der Waals surface area contributed by atoms with Gasteiger partial charge in [-0.1, -0.05) is 5.21 Å². The van der Waals surface area contributed by atoms with Crippen LogP contribution in [0.3, 0.4) is 0 Å². The number of nitrogens with zero attached hydrogens (tertiary/aromatic N) is 4. The van der Waals surface area contributed by atoms with Crippen molar-refractivity contribution in [3.8, 4) is 0 Å². The fraction of sp³-hybridized carbons (Fsp3) is 0.500. The second-order valence-electron chi connectivity index (χ2n) is 4.76. The van der Waals surface area contributed by atoms with Gasteiger partial charge >= 0.3 is 6.18 Å². The lowest BCUT2D eigenvalue weighted by Crippen LogP contribution is -2.23. The summed E-state index contributed by atoms with van der Waals surface area (Å²) in [6, 6.07) is 3.52. The van der Waals surface area contributed by atoms with Crippen molar-refractivity contribution in [1.29, 1.82) is 0 Å². The molecule has 0 spiro atoms. The van der Waals surface area contributed by atoms with Crippen molar-refractivity contribution in [3.63, 3.8) is 0 Å².